The summed E-state index contributed by atoms with van der Waals surface area (Å²) in [6.45, 7) is 11.2. The summed E-state index contributed by atoms with van der Waals surface area (Å²) in [4.78, 5) is 14.6. The van der Waals surface area contributed by atoms with Gasteiger partial charge in [-0.2, -0.15) is 5.10 Å². The van der Waals surface area contributed by atoms with Crippen LogP contribution in [0.15, 0.2) is 0 Å². The third-order valence-electron chi connectivity index (χ3n) is 5.66. The zero-order chi connectivity index (χ0) is 19.1. The largest absolute Gasteiger partial charge is 0.355 e. The predicted octanol–water partition coefficient (Wildman–Crippen LogP) is 3.47. The number of likely N-dealkylation sites (N-methyl/N-ethyl adjacent to an activating group) is 1. The average molecular weight is 363 g/mol. The first kappa shape index (κ1) is 20.9. The van der Waals surface area contributed by atoms with Gasteiger partial charge in [0.1, 0.15) is 0 Å². The number of aryl methyl sites for hydroxylation is 1. The number of aromatic nitrogens is 2. The lowest BCUT2D eigenvalue weighted by molar-refractivity contribution is -0.121. The zero-order valence-electron chi connectivity index (χ0n) is 17.5. The van der Waals surface area contributed by atoms with Crippen LogP contribution >= 0.6 is 0 Å². The maximum absolute atomic E-state index is 12.2. The van der Waals surface area contributed by atoms with Gasteiger partial charge < -0.3 is 10.2 Å². The Hall–Kier alpha value is -1.36. The van der Waals surface area contributed by atoms with E-state index < -0.39 is 0 Å². The van der Waals surface area contributed by atoms with Gasteiger partial charge in [0.25, 0.3) is 0 Å². The number of carbonyl (C=O) groups excluding carboxylic acids is 1. The number of hydrogen-bond acceptors (Lipinski definition) is 3. The number of hydrogen-bond donors (Lipinski definition) is 1. The Bertz CT molecular complexity index is 573. The van der Waals surface area contributed by atoms with Crippen molar-refractivity contribution in [3.05, 3.63) is 17.0 Å². The van der Waals surface area contributed by atoms with Crippen LogP contribution in [0.25, 0.3) is 0 Å². The van der Waals surface area contributed by atoms with E-state index in [1.165, 1.54) is 43.4 Å². The highest BCUT2D eigenvalue weighted by Crippen LogP contribution is 2.21. The van der Waals surface area contributed by atoms with Crippen molar-refractivity contribution in [2.24, 2.45) is 5.92 Å². The van der Waals surface area contributed by atoms with Crippen molar-refractivity contribution in [3.63, 3.8) is 0 Å². The molecular formula is C21H38N4O. The van der Waals surface area contributed by atoms with Crippen molar-refractivity contribution in [2.45, 2.75) is 85.2 Å². The fraction of sp³-hybridized carbons (Fsp3) is 0.810. The van der Waals surface area contributed by atoms with Gasteiger partial charge in [0.15, 0.2) is 0 Å². The molecule has 1 saturated carbocycles. The van der Waals surface area contributed by atoms with Crippen molar-refractivity contribution < 1.29 is 4.79 Å². The molecule has 0 saturated heterocycles. The third-order valence-corrected chi connectivity index (χ3v) is 5.66. The van der Waals surface area contributed by atoms with Crippen LogP contribution in [0.4, 0.5) is 0 Å². The Morgan fingerprint density at radius 3 is 2.62 bits per heavy atom. The molecule has 1 heterocycles. The van der Waals surface area contributed by atoms with E-state index in [2.05, 4.69) is 54.7 Å². The van der Waals surface area contributed by atoms with Crippen LogP contribution in [0.3, 0.4) is 0 Å². The Morgan fingerprint density at radius 1 is 1.27 bits per heavy atom. The van der Waals surface area contributed by atoms with E-state index in [9.17, 15) is 4.79 Å². The Labute approximate surface area is 159 Å². The fourth-order valence-corrected chi connectivity index (χ4v) is 4.02. The first-order chi connectivity index (χ1) is 12.4. The van der Waals surface area contributed by atoms with Crippen LogP contribution in [0.2, 0.25) is 0 Å². The van der Waals surface area contributed by atoms with Crippen LogP contribution < -0.4 is 5.32 Å². The standard InChI is InChI=1S/C21H38N4O/c1-16(2)15-25-18(4)20(17(3)23-25)11-12-21(26)22-13-14-24(5)19-9-7-6-8-10-19/h16,19H,6-15H2,1-5H3,(H,22,26). The number of nitrogens with zero attached hydrogens (tertiary/aromatic N) is 3. The first-order valence-corrected chi connectivity index (χ1v) is 10.4. The van der Waals surface area contributed by atoms with Crippen LogP contribution in [0.5, 0.6) is 0 Å². The van der Waals surface area contributed by atoms with Gasteiger partial charge in [0.2, 0.25) is 5.91 Å². The van der Waals surface area contributed by atoms with E-state index >= 15 is 0 Å². The summed E-state index contributed by atoms with van der Waals surface area (Å²) >= 11 is 0. The lowest BCUT2D eigenvalue weighted by Crippen LogP contribution is -2.39. The average Bonchev–Trinajstić information content (AvgIpc) is 2.86. The molecule has 1 aromatic rings. The molecular weight excluding hydrogens is 324 g/mol. The molecule has 2 rings (SSSR count). The minimum Gasteiger partial charge on any atom is -0.355 e. The lowest BCUT2D eigenvalue weighted by atomic mass is 9.94. The summed E-state index contributed by atoms with van der Waals surface area (Å²) in [6.07, 6.45) is 8.03. The summed E-state index contributed by atoms with van der Waals surface area (Å²) in [7, 11) is 2.19. The Morgan fingerprint density at radius 2 is 1.96 bits per heavy atom. The molecule has 1 aliphatic rings. The molecule has 1 amide bonds. The predicted molar refractivity (Wildman–Crippen MR) is 107 cm³/mol. The van der Waals surface area contributed by atoms with Crippen LogP contribution in [0.1, 0.15) is 69.3 Å². The highest BCUT2D eigenvalue weighted by atomic mass is 16.1. The lowest BCUT2D eigenvalue weighted by Gasteiger charge is -2.31. The molecule has 1 aliphatic carbocycles. The third kappa shape index (κ3) is 6.11. The SMILES string of the molecule is Cc1nn(CC(C)C)c(C)c1CCC(=O)NCCN(C)C1CCCCC1. The number of amides is 1. The van der Waals surface area contributed by atoms with Crippen molar-refractivity contribution in [2.75, 3.05) is 20.1 Å². The summed E-state index contributed by atoms with van der Waals surface area (Å²) in [5, 5.41) is 7.74. The van der Waals surface area contributed by atoms with Crippen LogP contribution in [-0.2, 0) is 17.8 Å². The number of nitrogens with one attached hydrogen (secondary N) is 1. The van der Waals surface area contributed by atoms with Gasteiger partial charge in [0.05, 0.1) is 5.69 Å². The highest BCUT2D eigenvalue weighted by molar-refractivity contribution is 5.76. The van der Waals surface area contributed by atoms with Crippen molar-refractivity contribution >= 4 is 5.91 Å². The van der Waals surface area contributed by atoms with Gasteiger partial charge >= 0.3 is 0 Å². The fourth-order valence-electron chi connectivity index (χ4n) is 4.02. The van der Waals surface area contributed by atoms with Crippen molar-refractivity contribution in [1.29, 1.82) is 0 Å². The summed E-state index contributed by atoms with van der Waals surface area (Å²) in [5.74, 6) is 0.725. The minimum absolute atomic E-state index is 0.150. The molecule has 1 fully saturated rings. The second kappa shape index (κ2) is 10.1. The van der Waals surface area contributed by atoms with Gasteiger partial charge in [-0.3, -0.25) is 9.48 Å². The number of rotatable bonds is 9. The Kier molecular flexibility index (Phi) is 8.14. The topological polar surface area (TPSA) is 50.2 Å². The summed E-state index contributed by atoms with van der Waals surface area (Å²) < 4.78 is 2.09. The van der Waals surface area contributed by atoms with Gasteiger partial charge in [-0.1, -0.05) is 33.1 Å². The molecule has 0 atom stereocenters. The maximum Gasteiger partial charge on any atom is 0.220 e. The van der Waals surface area contributed by atoms with Crippen molar-refractivity contribution in [3.8, 4) is 0 Å². The smallest absolute Gasteiger partial charge is 0.220 e. The normalized spacial score (nSPS) is 15.8. The molecule has 0 aliphatic heterocycles. The molecule has 5 nitrogen and oxygen atoms in total. The van der Waals surface area contributed by atoms with Gasteiger partial charge in [-0.15, -0.1) is 0 Å². The van der Waals surface area contributed by atoms with E-state index in [0.717, 1.165) is 31.7 Å². The zero-order valence-corrected chi connectivity index (χ0v) is 17.5. The molecule has 0 radical (unpaired) electrons. The second-order valence-corrected chi connectivity index (χ2v) is 8.35. The van der Waals surface area contributed by atoms with Gasteiger partial charge in [-0.05, 0) is 51.6 Å². The van der Waals surface area contributed by atoms with E-state index in [0.29, 0.717) is 18.4 Å². The molecule has 26 heavy (non-hydrogen) atoms. The molecule has 148 valence electrons. The minimum atomic E-state index is 0.150. The number of carbonyl (C=O) groups is 1. The molecule has 0 bridgehead atoms. The van der Waals surface area contributed by atoms with Crippen LogP contribution in [0, 0.1) is 19.8 Å². The molecule has 1 aromatic heterocycles. The molecule has 5 heteroatoms. The monoisotopic (exact) mass is 362 g/mol. The molecule has 1 N–H and O–H groups in total. The second-order valence-electron chi connectivity index (χ2n) is 8.35. The highest BCUT2D eigenvalue weighted by Gasteiger charge is 2.18. The van der Waals surface area contributed by atoms with E-state index in [4.69, 9.17) is 0 Å². The summed E-state index contributed by atoms with van der Waals surface area (Å²) in [6, 6.07) is 0.706. The van der Waals surface area contributed by atoms with Crippen molar-refractivity contribution in [1.82, 2.24) is 20.0 Å². The van der Waals surface area contributed by atoms with Crippen LogP contribution in [-0.4, -0.2) is 46.8 Å². The quantitative estimate of drug-likeness (QED) is 0.732. The summed E-state index contributed by atoms with van der Waals surface area (Å²) in [5.41, 5.74) is 3.51. The van der Waals surface area contributed by atoms with Gasteiger partial charge in [-0.25, -0.2) is 0 Å². The van der Waals surface area contributed by atoms with Gasteiger partial charge in [0, 0.05) is 37.8 Å². The van der Waals surface area contributed by atoms with E-state index in [1.54, 1.807) is 0 Å². The molecule has 0 aromatic carbocycles. The van der Waals surface area contributed by atoms with E-state index in [1.807, 2.05) is 0 Å². The van der Waals surface area contributed by atoms with E-state index in [-0.39, 0.29) is 5.91 Å². The maximum atomic E-state index is 12.2. The first-order valence-electron chi connectivity index (χ1n) is 10.4. The Balaban J connectivity index is 1.72. The molecule has 0 unspecified atom stereocenters. The molecule has 0 spiro atoms.